The Balaban J connectivity index is 1.81. The fourth-order valence-electron chi connectivity index (χ4n) is 2.42. The van der Waals surface area contributed by atoms with E-state index in [4.69, 9.17) is 0 Å². The zero-order chi connectivity index (χ0) is 14.9. The van der Waals surface area contributed by atoms with Gasteiger partial charge in [0.1, 0.15) is 12.2 Å². The van der Waals surface area contributed by atoms with E-state index in [9.17, 15) is 0 Å². The number of hydrogen-bond acceptors (Lipinski definition) is 4. The van der Waals surface area contributed by atoms with Gasteiger partial charge in [-0.15, -0.1) is 0 Å². The van der Waals surface area contributed by atoms with Crippen LogP contribution in [0.5, 0.6) is 0 Å². The van der Waals surface area contributed by atoms with Crippen molar-refractivity contribution in [3.8, 4) is 0 Å². The Morgan fingerprint density at radius 3 is 3.24 bits per heavy atom. The zero-order valence-electron chi connectivity index (χ0n) is 13.0. The second-order valence-corrected chi connectivity index (χ2v) is 6.18. The highest BCUT2D eigenvalue weighted by Crippen LogP contribution is 2.11. The normalized spacial score (nSPS) is 18.4. The maximum absolute atomic E-state index is 4.66. The van der Waals surface area contributed by atoms with Gasteiger partial charge in [0.25, 0.3) is 0 Å². The molecule has 0 fully saturated rings. The second kappa shape index (κ2) is 8.92. The van der Waals surface area contributed by atoms with Crippen LogP contribution in [0.15, 0.2) is 11.3 Å². The fourth-order valence-corrected chi connectivity index (χ4v) is 2.91. The molecule has 1 unspecified atom stereocenters. The van der Waals surface area contributed by atoms with E-state index in [1.165, 1.54) is 12.2 Å². The zero-order valence-corrected chi connectivity index (χ0v) is 13.8. The number of nitrogens with zero attached hydrogens (tertiary/aromatic N) is 4. The van der Waals surface area contributed by atoms with Gasteiger partial charge in [0.2, 0.25) is 0 Å². The number of guanidine groups is 1. The summed E-state index contributed by atoms with van der Waals surface area (Å²) in [5.74, 6) is 3.24. The minimum atomic E-state index is 0.378. The smallest absolute Gasteiger partial charge is 0.191 e. The average Bonchev–Trinajstić information content (AvgIpc) is 2.94. The molecule has 0 radical (unpaired) electrons. The Morgan fingerprint density at radius 2 is 2.43 bits per heavy atom. The number of aryl methyl sites for hydroxylation is 1. The predicted molar refractivity (Wildman–Crippen MR) is 88.9 cm³/mol. The monoisotopic (exact) mass is 310 g/mol. The fraction of sp³-hybridized carbons (Fsp3) is 0.786. The first-order valence-electron chi connectivity index (χ1n) is 7.74. The van der Waals surface area contributed by atoms with Crippen molar-refractivity contribution in [3.05, 3.63) is 12.2 Å². The first kappa shape index (κ1) is 16.1. The van der Waals surface area contributed by atoms with Crippen LogP contribution in [0.1, 0.15) is 32.0 Å². The van der Waals surface area contributed by atoms with Gasteiger partial charge in [-0.25, -0.2) is 9.67 Å². The van der Waals surface area contributed by atoms with E-state index in [1.54, 1.807) is 6.33 Å². The Labute approximate surface area is 131 Å². The number of fused-ring (bicyclic) bond motifs is 1. The maximum Gasteiger partial charge on any atom is 0.191 e. The summed E-state index contributed by atoms with van der Waals surface area (Å²) in [5.41, 5.74) is 0. The lowest BCUT2D eigenvalue weighted by molar-refractivity contribution is 0.392. The number of nitrogens with one attached hydrogen (secondary N) is 2. The molecule has 0 aromatic carbocycles. The highest BCUT2D eigenvalue weighted by molar-refractivity contribution is 7.98. The Hall–Kier alpha value is -1.24. The lowest BCUT2D eigenvalue weighted by atomic mass is 10.1. The molecule has 6 nitrogen and oxygen atoms in total. The van der Waals surface area contributed by atoms with Gasteiger partial charge < -0.3 is 10.6 Å². The van der Waals surface area contributed by atoms with Crippen molar-refractivity contribution >= 4 is 17.7 Å². The molecule has 1 aliphatic rings. The summed E-state index contributed by atoms with van der Waals surface area (Å²) in [7, 11) is 0. The molecule has 7 heteroatoms. The first-order chi connectivity index (χ1) is 10.3. The molecule has 0 bridgehead atoms. The van der Waals surface area contributed by atoms with Gasteiger partial charge in [0.05, 0.1) is 6.54 Å². The quantitative estimate of drug-likeness (QED) is 0.451. The van der Waals surface area contributed by atoms with Gasteiger partial charge in [-0.2, -0.15) is 16.9 Å². The third-order valence-electron chi connectivity index (χ3n) is 3.52. The standard InChI is InChI=1S/C14H26N6S/c1-3-15-14(16-8-4-5-9-21-2)19-12-6-7-13-17-11-18-20(13)10-12/h11-12H,3-10H2,1-2H3,(H2,15,16,19). The van der Waals surface area contributed by atoms with Gasteiger partial charge in [0, 0.05) is 25.6 Å². The predicted octanol–water partition coefficient (Wildman–Crippen LogP) is 1.29. The van der Waals surface area contributed by atoms with Crippen LogP contribution >= 0.6 is 11.8 Å². The van der Waals surface area contributed by atoms with Gasteiger partial charge in [0.15, 0.2) is 5.96 Å². The largest absolute Gasteiger partial charge is 0.357 e. The lowest BCUT2D eigenvalue weighted by Gasteiger charge is -2.25. The molecule has 1 aromatic heterocycles. The van der Waals surface area contributed by atoms with E-state index < -0.39 is 0 Å². The Morgan fingerprint density at radius 1 is 1.52 bits per heavy atom. The van der Waals surface area contributed by atoms with Crippen LogP contribution in [-0.2, 0) is 13.0 Å². The van der Waals surface area contributed by atoms with E-state index in [0.717, 1.165) is 50.7 Å². The third kappa shape index (κ3) is 5.22. The molecule has 1 aliphatic heterocycles. The topological polar surface area (TPSA) is 67.1 Å². The molecular formula is C14H26N6S. The molecule has 2 N–H and O–H groups in total. The number of unbranched alkanes of at least 4 members (excludes halogenated alkanes) is 1. The number of rotatable bonds is 7. The summed E-state index contributed by atoms with van der Waals surface area (Å²) in [4.78, 5) is 8.92. The Kier molecular flexibility index (Phi) is 6.85. The molecule has 1 aromatic rings. The van der Waals surface area contributed by atoms with E-state index in [0.29, 0.717) is 6.04 Å². The molecular weight excluding hydrogens is 284 g/mol. The van der Waals surface area contributed by atoms with E-state index in [1.807, 2.05) is 16.4 Å². The van der Waals surface area contributed by atoms with Crippen molar-refractivity contribution in [2.24, 2.45) is 4.99 Å². The van der Waals surface area contributed by atoms with Crippen molar-refractivity contribution in [1.29, 1.82) is 0 Å². The summed E-state index contributed by atoms with van der Waals surface area (Å²) in [6.07, 6.45) is 8.23. The molecule has 21 heavy (non-hydrogen) atoms. The summed E-state index contributed by atoms with van der Waals surface area (Å²) >= 11 is 1.90. The third-order valence-corrected chi connectivity index (χ3v) is 4.21. The number of aromatic nitrogens is 3. The molecule has 0 saturated carbocycles. The van der Waals surface area contributed by atoms with Gasteiger partial charge >= 0.3 is 0 Å². The van der Waals surface area contributed by atoms with Crippen LogP contribution in [0.2, 0.25) is 0 Å². The van der Waals surface area contributed by atoms with Crippen LogP contribution in [0.3, 0.4) is 0 Å². The molecule has 0 amide bonds. The minimum Gasteiger partial charge on any atom is -0.357 e. The van der Waals surface area contributed by atoms with Crippen molar-refractivity contribution < 1.29 is 0 Å². The number of hydrogen-bond donors (Lipinski definition) is 2. The molecule has 0 aliphatic carbocycles. The minimum absolute atomic E-state index is 0.378. The van der Waals surface area contributed by atoms with Crippen LogP contribution in [0.4, 0.5) is 0 Å². The van der Waals surface area contributed by atoms with E-state index in [2.05, 4.69) is 38.9 Å². The summed E-state index contributed by atoms with van der Waals surface area (Å²) in [5, 5.41) is 11.1. The SMILES string of the molecule is CCNC(=NCCCCSC)NC1CCc2ncnn2C1. The molecule has 1 atom stereocenters. The van der Waals surface area contributed by atoms with Crippen LogP contribution in [0, 0.1) is 0 Å². The summed E-state index contributed by atoms with van der Waals surface area (Å²) in [6, 6.07) is 0.378. The average molecular weight is 310 g/mol. The molecule has 2 heterocycles. The molecule has 0 spiro atoms. The van der Waals surface area contributed by atoms with E-state index >= 15 is 0 Å². The van der Waals surface area contributed by atoms with Gasteiger partial charge in [-0.1, -0.05) is 0 Å². The van der Waals surface area contributed by atoms with Crippen LogP contribution in [-0.4, -0.2) is 51.9 Å². The second-order valence-electron chi connectivity index (χ2n) is 5.20. The summed E-state index contributed by atoms with van der Waals surface area (Å²) in [6.45, 7) is 4.74. The van der Waals surface area contributed by atoms with Crippen LogP contribution < -0.4 is 10.6 Å². The molecule has 118 valence electrons. The first-order valence-corrected chi connectivity index (χ1v) is 9.13. The highest BCUT2D eigenvalue weighted by atomic mass is 32.2. The molecule has 2 rings (SSSR count). The van der Waals surface area contributed by atoms with Crippen molar-refractivity contribution in [3.63, 3.8) is 0 Å². The number of aliphatic imine (C=N–C) groups is 1. The maximum atomic E-state index is 4.66. The Bertz CT molecular complexity index is 444. The lowest BCUT2D eigenvalue weighted by Crippen LogP contribution is -2.47. The summed E-state index contributed by atoms with van der Waals surface area (Å²) < 4.78 is 1.99. The van der Waals surface area contributed by atoms with Crippen molar-refractivity contribution in [1.82, 2.24) is 25.4 Å². The van der Waals surface area contributed by atoms with Gasteiger partial charge in [-0.05, 0) is 38.2 Å². The van der Waals surface area contributed by atoms with E-state index in [-0.39, 0.29) is 0 Å². The van der Waals surface area contributed by atoms with Crippen molar-refractivity contribution in [2.45, 2.75) is 45.2 Å². The molecule has 0 saturated heterocycles. The van der Waals surface area contributed by atoms with Gasteiger partial charge in [-0.3, -0.25) is 4.99 Å². The van der Waals surface area contributed by atoms with Crippen molar-refractivity contribution in [2.75, 3.05) is 25.1 Å². The highest BCUT2D eigenvalue weighted by Gasteiger charge is 2.20. The van der Waals surface area contributed by atoms with Crippen LogP contribution in [0.25, 0.3) is 0 Å². The number of thioether (sulfide) groups is 1.